The minimum absolute atomic E-state index is 0.905. The van der Waals surface area contributed by atoms with Gasteiger partial charge in [0.15, 0.2) is 0 Å². The number of hydrazone groups is 1. The molecule has 2 rings (SSSR count). The van der Waals surface area contributed by atoms with E-state index in [-0.39, 0.29) is 0 Å². The van der Waals surface area contributed by atoms with Crippen LogP contribution >= 0.6 is 11.8 Å². The number of imidazole rings is 1. The van der Waals surface area contributed by atoms with E-state index in [1.807, 2.05) is 25.2 Å². The molecule has 0 atom stereocenters. The van der Waals surface area contributed by atoms with Gasteiger partial charge in [0, 0.05) is 19.7 Å². The van der Waals surface area contributed by atoms with Crippen LogP contribution in [0, 0.1) is 0 Å². The molecule has 1 aromatic heterocycles. The van der Waals surface area contributed by atoms with Crippen LogP contribution in [0.15, 0.2) is 40.5 Å². The van der Waals surface area contributed by atoms with Crippen molar-refractivity contribution in [2.24, 2.45) is 12.1 Å². The second-order valence-electron chi connectivity index (χ2n) is 3.97. The number of aromatic nitrogens is 2. The predicted molar refractivity (Wildman–Crippen MR) is 81.7 cm³/mol. The summed E-state index contributed by atoms with van der Waals surface area (Å²) in [4.78, 5) is 4.69. The summed E-state index contributed by atoms with van der Waals surface area (Å²) in [5.41, 5.74) is 4.79. The van der Waals surface area contributed by atoms with E-state index in [0.717, 1.165) is 27.9 Å². The van der Waals surface area contributed by atoms with Crippen molar-refractivity contribution in [3.8, 4) is 11.4 Å². The Labute approximate surface area is 117 Å². The first-order chi connectivity index (χ1) is 9.27. The summed E-state index contributed by atoms with van der Waals surface area (Å²) < 4.78 is 2.13. The zero-order chi connectivity index (χ0) is 13.7. The normalized spacial score (nSPS) is 11.1. The van der Waals surface area contributed by atoms with E-state index >= 15 is 0 Å². The number of nitrogens with zero attached hydrogens (tertiary/aromatic N) is 3. The minimum Gasteiger partial charge on any atom is -0.322 e. The first-order valence-corrected chi connectivity index (χ1v) is 7.21. The van der Waals surface area contributed by atoms with Crippen molar-refractivity contribution in [1.82, 2.24) is 15.0 Å². The molecule has 0 spiro atoms. The standard InChI is InChI=1S/C14H18N4S/c1-4-19-14-12(10-16-15-2)17-13(18(14)3)11-8-6-5-7-9-11/h5-10,15H,4H2,1-3H3/b16-10-. The molecular formula is C14H18N4S. The van der Waals surface area contributed by atoms with E-state index in [1.54, 1.807) is 25.0 Å². The number of thioether (sulfide) groups is 1. The minimum atomic E-state index is 0.905. The maximum atomic E-state index is 4.69. The fourth-order valence-electron chi connectivity index (χ4n) is 1.87. The van der Waals surface area contributed by atoms with Gasteiger partial charge in [-0.25, -0.2) is 4.98 Å². The van der Waals surface area contributed by atoms with Crippen LogP contribution in [-0.4, -0.2) is 28.6 Å². The molecule has 0 radical (unpaired) electrons. The lowest BCUT2D eigenvalue weighted by Crippen LogP contribution is -1.97. The highest BCUT2D eigenvalue weighted by molar-refractivity contribution is 7.99. The smallest absolute Gasteiger partial charge is 0.141 e. The Kier molecular flexibility index (Phi) is 4.63. The predicted octanol–water partition coefficient (Wildman–Crippen LogP) is 2.75. The molecule has 100 valence electrons. The molecule has 0 saturated carbocycles. The van der Waals surface area contributed by atoms with Gasteiger partial charge >= 0.3 is 0 Å². The highest BCUT2D eigenvalue weighted by Crippen LogP contribution is 2.27. The van der Waals surface area contributed by atoms with Crippen molar-refractivity contribution < 1.29 is 0 Å². The fraction of sp³-hybridized carbons (Fsp3) is 0.286. The average Bonchev–Trinajstić information content (AvgIpc) is 2.75. The second-order valence-corrected chi connectivity index (χ2v) is 5.22. The lowest BCUT2D eigenvalue weighted by Gasteiger charge is -2.04. The Hall–Kier alpha value is -1.75. The molecule has 19 heavy (non-hydrogen) atoms. The third-order valence-corrected chi connectivity index (χ3v) is 3.74. The topological polar surface area (TPSA) is 42.2 Å². The van der Waals surface area contributed by atoms with Crippen molar-refractivity contribution in [2.45, 2.75) is 11.9 Å². The maximum absolute atomic E-state index is 4.69. The lowest BCUT2D eigenvalue weighted by molar-refractivity contribution is 0.832. The first kappa shape index (κ1) is 13.7. The molecule has 0 saturated heterocycles. The van der Waals surface area contributed by atoms with E-state index in [1.165, 1.54) is 0 Å². The molecule has 5 heteroatoms. The van der Waals surface area contributed by atoms with Crippen LogP contribution < -0.4 is 5.43 Å². The lowest BCUT2D eigenvalue weighted by atomic mass is 10.2. The zero-order valence-electron chi connectivity index (χ0n) is 11.4. The van der Waals surface area contributed by atoms with Crippen LogP contribution in [0.3, 0.4) is 0 Å². The van der Waals surface area contributed by atoms with Gasteiger partial charge in [0.2, 0.25) is 0 Å². The third kappa shape index (κ3) is 2.98. The summed E-state index contributed by atoms with van der Waals surface area (Å²) in [5.74, 6) is 1.97. The zero-order valence-corrected chi connectivity index (χ0v) is 12.2. The van der Waals surface area contributed by atoms with Crippen molar-refractivity contribution in [3.05, 3.63) is 36.0 Å². The molecule has 2 aromatic rings. The summed E-state index contributed by atoms with van der Waals surface area (Å²) in [6, 6.07) is 10.2. The molecule has 4 nitrogen and oxygen atoms in total. The number of hydrogen-bond acceptors (Lipinski definition) is 4. The quantitative estimate of drug-likeness (QED) is 0.518. The largest absolute Gasteiger partial charge is 0.322 e. The highest BCUT2D eigenvalue weighted by Gasteiger charge is 2.14. The molecule has 1 aromatic carbocycles. The Balaban J connectivity index is 2.48. The highest BCUT2D eigenvalue weighted by atomic mass is 32.2. The molecule has 0 unspecified atom stereocenters. The van der Waals surface area contributed by atoms with E-state index in [4.69, 9.17) is 0 Å². The summed E-state index contributed by atoms with van der Waals surface area (Å²) >= 11 is 1.78. The van der Waals surface area contributed by atoms with Gasteiger partial charge in [-0.15, -0.1) is 11.8 Å². The van der Waals surface area contributed by atoms with Crippen LogP contribution in [0.25, 0.3) is 11.4 Å². The van der Waals surface area contributed by atoms with Crippen molar-refractivity contribution in [1.29, 1.82) is 0 Å². The summed E-state index contributed by atoms with van der Waals surface area (Å²) in [5, 5.41) is 5.21. The molecule has 0 fully saturated rings. The monoisotopic (exact) mass is 274 g/mol. The number of nitrogens with one attached hydrogen (secondary N) is 1. The SMILES string of the molecule is CCSc1c(/C=N\NC)nc(-c2ccccc2)n1C. The van der Waals surface area contributed by atoms with Gasteiger partial charge in [-0.1, -0.05) is 37.3 Å². The Morgan fingerprint density at radius 3 is 2.74 bits per heavy atom. The van der Waals surface area contributed by atoms with E-state index < -0.39 is 0 Å². The third-order valence-electron chi connectivity index (χ3n) is 2.70. The Morgan fingerprint density at radius 1 is 1.37 bits per heavy atom. The van der Waals surface area contributed by atoms with Gasteiger partial charge in [-0.2, -0.15) is 5.10 Å². The first-order valence-electron chi connectivity index (χ1n) is 6.22. The molecule has 0 amide bonds. The number of hydrogen-bond donors (Lipinski definition) is 1. The van der Waals surface area contributed by atoms with Crippen LogP contribution in [-0.2, 0) is 7.05 Å². The van der Waals surface area contributed by atoms with Crippen molar-refractivity contribution in [3.63, 3.8) is 0 Å². The molecule has 0 bridgehead atoms. The average molecular weight is 274 g/mol. The number of benzene rings is 1. The van der Waals surface area contributed by atoms with E-state index in [9.17, 15) is 0 Å². The fourth-order valence-corrected chi connectivity index (χ4v) is 2.67. The summed E-state index contributed by atoms with van der Waals surface area (Å²) in [7, 11) is 3.83. The summed E-state index contributed by atoms with van der Waals surface area (Å²) in [6.07, 6.45) is 1.77. The van der Waals surface area contributed by atoms with Crippen LogP contribution in [0.5, 0.6) is 0 Å². The van der Waals surface area contributed by atoms with Gasteiger partial charge in [0.05, 0.1) is 6.21 Å². The molecule has 0 aliphatic rings. The Bertz CT molecular complexity index is 560. The van der Waals surface area contributed by atoms with Gasteiger partial charge in [-0.05, 0) is 5.75 Å². The van der Waals surface area contributed by atoms with Crippen LogP contribution in [0.4, 0.5) is 0 Å². The van der Waals surface area contributed by atoms with E-state index in [0.29, 0.717) is 0 Å². The maximum Gasteiger partial charge on any atom is 0.141 e. The van der Waals surface area contributed by atoms with Crippen LogP contribution in [0.1, 0.15) is 12.6 Å². The number of rotatable bonds is 5. The molecule has 0 aliphatic carbocycles. The van der Waals surface area contributed by atoms with Gasteiger partial charge in [-0.3, -0.25) is 0 Å². The molecule has 0 aliphatic heterocycles. The second kappa shape index (κ2) is 6.43. The Morgan fingerprint density at radius 2 is 2.11 bits per heavy atom. The van der Waals surface area contributed by atoms with Crippen molar-refractivity contribution >= 4 is 18.0 Å². The molecule has 1 heterocycles. The van der Waals surface area contributed by atoms with E-state index in [2.05, 4.69) is 39.1 Å². The van der Waals surface area contributed by atoms with Gasteiger partial charge in [0.1, 0.15) is 16.5 Å². The molecule has 1 N–H and O–H groups in total. The summed E-state index contributed by atoms with van der Waals surface area (Å²) in [6.45, 7) is 2.14. The van der Waals surface area contributed by atoms with Crippen molar-refractivity contribution in [2.75, 3.05) is 12.8 Å². The van der Waals surface area contributed by atoms with Gasteiger partial charge < -0.3 is 9.99 Å². The molecular weight excluding hydrogens is 256 g/mol. The van der Waals surface area contributed by atoms with Gasteiger partial charge in [0.25, 0.3) is 0 Å². The van der Waals surface area contributed by atoms with Crippen LogP contribution in [0.2, 0.25) is 0 Å².